The van der Waals surface area contributed by atoms with Crippen LogP contribution in [0.25, 0.3) is 0 Å². The normalized spacial score (nSPS) is 10.6. The maximum atomic E-state index is 12.1. The molecule has 140 valence electrons. The quantitative estimate of drug-likeness (QED) is 0.487. The van der Waals surface area contributed by atoms with E-state index in [0.717, 1.165) is 5.56 Å². The highest BCUT2D eigenvalue weighted by molar-refractivity contribution is 6.02. The average molecular weight is 369 g/mol. The second kappa shape index (κ2) is 7.73. The lowest BCUT2D eigenvalue weighted by Crippen LogP contribution is -2.11. The maximum Gasteiger partial charge on any atom is 0.333 e. The van der Waals surface area contributed by atoms with Gasteiger partial charge < -0.3 is 15.1 Å². The molecule has 0 saturated heterocycles. The van der Waals surface area contributed by atoms with E-state index in [1.807, 2.05) is 13.0 Å². The lowest BCUT2D eigenvalue weighted by atomic mass is 10.2. The summed E-state index contributed by atoms with van der Waals surface area (Å²) in [5.41, 5.74) is 1.87. The number of amides is 1. The lowest BCUT2D eigenvalue weighted by molar-refractivity contribution is -0.384. The summed E-state index contributed by atoms with van der Waals surface area (Å²) < 4.78 is 6.54. The van der Waals surface area contributed by atoms with Crippen molar-refractivity contribution in [1.82, 2.24) is 9.78 Å². The number of benzene rings is 1. The van der Waals surface area contributed by atoms with Crippen LogP contribution in [0.3, 0.4) is 0 Å². The number of nitrogens with one attached hydrogen (secondary N) is 2. The van der Waals surface area contributed by atoms with Gasteiger partial charge in [0.1, 0.15) is 5.69 Å². The summed E-state index contributed by atoms with van der Waals surface area (Å²) in [5, 5.41) is 21.4. The number of hydrogen-bond acceptors (Lipinski definition) is 6. The summed E-state index contributed by atoms with van der Waals surface area (Å²) in [6, 6.07) is 10.4. The van der Waals surface area contributed by atoms with Crippen molar-refractivity contribution in [2.24, 2.45) is 7.05 Å². The van der Waals surface area contributed by atoms with Gasteiger partial charge in [0, 0.05) is 19.3 Å². The van der Waals surface area contributed by atoms with E-state index in [2.05, 4.69) is 15.7 Å². The summed E-state index contributed by atoms with van der Waals surface area (Å²) >= 11 is 0. The Morgan fingerprint density at radius 3 is 2.81 bits per heavy atom. The van der Waals surface area contributed by atoms with E-state index in [-0.39, 0.29) is 17.4 Å². The number of aryl methyl sites for hydroxylation is 2. The number of carbonyl (C=O) groups is 1. The van der Waals surface area contributed by atoms with E-state index in [9.17, 15) is 14.9 Å². The van der Waals surface area contributed by atoms with Crippen molar-refractivity contribution < 1.29 is 14.1 Å². The zero-order valence-electron chi connectivity index (χ0n) is 14.9. The molecule has 2 heterocycles. The number of rotatable bonds is 7. The molecule has 9 nitrogen and oxygen atoms in total. The van der Waals surface area contributed by atoms with Gasteiger partial charge in [0.25, 0.3) is 5.91 Å². The molecule has 9 heteroatoms. The van der Waals surface area contributed by atoms with Gasteiger partial charge in [-0.25, -0.2) is 4.68 Å². The molecule has 0 bridgehead atoms. The fraction of sp³-hybridized carbons (Fsp3) is 0.222. The topological polar surface area (TPSA) is 115 Å². The number of aromatic nitrogens is 2. The molecule has 0 aliphatic carbocycles. The molecule has 3 rings (SSSR count). The maximum absolute atomic E-state index is 12.1. The van der Waals surface area contributed by atoms with Crippen LogP contribution in [0.1, 0.15) is 28.7 Å². The van der Waals surface area contributed by atoms with Gasteiger partial charge in [0.15, 0.2) is 5.76 Å². The van der Waals surface area contributed by atoms with Crippen molar-refractivity contribution >= 4 is 23.1 Å². The van der Waals surface area contributed by atoms with Crippen molar-refractivity contribution in [1.29, 1.82) is 0 Å². The van der Waals surface area contributed by atoms with E-state index in [4.69, 9.17) is 4.42 Å². The highest BCUT2D eigenvalue weighted by Gasteiger charge is 2.25. The first-order chi connectivity index (χ1) is 13.0. The molecule has 2 N–H and O–H groups in total. The monoisotopic (exact) mass is 369 g/mol. The zero-order valence-corrected chi connectivity index (χ0v) is 14.9. The van der Waals surface area contributed by atoms with Gasteiger partial charge >= 0.3 is 5.69 Å². The van der Waals surface area contributed by atoms with E-state index >= 15 is 0 Å². The predicted octanol–water partition coefficient (Wildman–Crippen LogP) is 3.35. The van der Waals surface area contributed by atoms with Gasteiger partial charge in [-0.3, -0.25) is 14.9 Å². The van der Waals surface area contributed by atoms with Crippen molar-refractivity contribution in [3.05, 3.63) is 69.8 Å². The molecule has 1 aromatic carbocycles. The lowest BCUT2D eigenvalue weighted by Gasteiger charge is -2.09. The van der Waals surface area contributed by atoms with Crippen LogP contribution in [0.4, 0.5) is 17.2 Å². The summed E-state index contributed by atoms with van der Waals surface area (Å²) in [6.45, 7) is 2.16. The smallest absolute Gasteiger partial charge is 0.333 e. The SMILES string of the molecule is CCc1nn(C)c(NCc2cccc(NC(=O)c3ccco3)c2)c1[N+](=O)[O-]. The highest BCUT2D eigenvalue weighted by atomic mass is 16.6. The highest BCUT2D eigenvalue weighted by Crippen LogP contribution is 2.29. The molecule has 0 aliphatic rings. The number of anilines is 2. The Bertz CT molecular complexity index is 962. The third-order valence-corrected chi connectivity index (χ3v) is 4.00. The Hall–Kier alpha value is -3.62. The molecule has 27 heavy (non-hydrogen) atoms. The third-order valence-electron chi connectivity index (χ3n) is 4.00. The Labute approximate surface area is 155 Å². The van der Waals surface area contributed by atoms with Crippen LogP contribution < -0.4 is 10.6 Å². The van der Waals surface area contributed by atoms with Gasteiger partial charge in [-0.05, 0) is 36.2 Å². The van der Waals surface area contributed by atoms with Crippen LogP contribution >= 0.6 is 0 Å². The number of nitro groups is 1. The number of furan rings is 1. The molecular formula is C18H19N5O4. The van der Waals surface area contributed by atoms with Crippen LogP contribution in [0.2, 0.25) is 0 Å². The van der Waals surface area contributed by atoms with Crippen LogP contribution in [-0.4, -0.2) is 20.6 Å². The molecule has 0 aliphatic heterocycles. The van der Waals surface area contributed by atoms with Crippen molar-refractivity contribution in [3.8, 4) is 0 Å². The molecule has 2 aromatic heterocycles. The molecule has 0 atom stereocenters. The van der Waals surface area contributed by atoms with Gasteiger partial charge in [0.2, 0.25) is 5.82 Å². The summed E-state index contributed by atoms with van der Waals surface area (Å²) in [6.07, 6.45) is 1.90. The van der Waals surface area contributed by atoms with Gasteiger partial charge in [-0.1, -0.05) is 19.1 Å². The zero-order chi connectivity index (χ0) is 19.4. The van der Waals surface area contributed by atoms with Gasteiger partial charge in [0.05, 0.1) is 11.2 Å². The van der Waals surface area contributed by atoms with Gasteiger partial charge in [-0.15, -0.1) is 0 Å². The molecule has 1 amide bonds. The van der Waals surface area contributed by atoms with E-state index in [1.165, 1.54) is 10.9 Å². The fourth-order valence-electron chi connectivity index (χ4n) is 2.74. The van der Waals surface area contributed by atoms with E-state index < -0.39 is 4.92 Å². The number of hydrogen-bond donors (Lipinski definition) is 2. The largest absolute Gasteiger partial charge is 0.459 e. The van der Waals surface area contributed by atoms with E-state index in [1.54, 1.807) is 37.4 Å². The molecule has 0 radical (unpaired) electrons. The minimum absolute atomic E-state index is 0.0118. The van der Waals surface area contributed by atoms with Crippen molar-refractivity contribution in [2.75, 3.05) is 10.6 Å². The molecule has 0 fully saturated rings. The summed E-state index contributed by atoms with van der Waals surface area (Å²) in [5.74, 6) is 0.220. The van der Waals surface area contributed by atoms with Gasteiger partial charge in [-0.2, -0.15) is 5.10 Å². The molecule has 3 aromatic rings. The Morgan fingerprint density at radius 2 is 2.15 bits per heavy atom. The minimum atomic E-state index is -0.422. The third kappa shape index (κ3) is 3.97. The molecule has 0 spiro atoms. The first kappa shape index (κ1) is 18.2. The van der Waals surface area contributed by atoms with Crippen LogP contribution in [0.15, 0.2) is 47.1 Å². The van der Waals surface area contributed by atoms with Crippen molar-refractivity contribution in [3.63, 3.8) is 0 Å². The Morgan fingerprint density at radius 1 is 1.33 bits per heavy atom. The second-order valence-electron chi connectivity index (χ2n) is 5.86. The average Bonchev–Trinajstić information content (AvgIpc) is 3.28. The summed E-state index contributed by atoms with van der Waals surface area (Å²) in [4.78, 5) is 23.0. The van der Waals surface area contributed by atoms with Crippen LogP contribution in [0, 0.1) is 10.1 Å². The van der Waals surface area contributed by atoms with E-state index in [0.29, 0.717) is 30.2 Å². The Balaban J connectivity index is 1.73. The predicted molar refractivity (Wildman–Crippen MR) is 99.7 cm³/mol. The minimum Gasteiger partial charge on any atom is -0.459 e. The molecule has 0 saturated carbocycles. The van der Waals surface area contributed by atoms with Crippen LogP contribution in [-0.2, 0) is 20.0 Å². The van der Waals surface area contributed by atoms with Crippen molar-refractivity contribution in [2.45, 2.75) is 19.9 Å². The number of nitrogens with zero attached hydrogens (tertiary/aromatic N) is 3. The standard InChI is InChI=1S/C18H19N5O4/c1-3-14-16(23(25)26)17(22(2)21-14)19-11-12-6-4-7-13(10-12)20-18(24)15-8-5-9-27-15/h4-10,19H,3,11H2,1-2H3,(H,20,24). The fourth-order valence-corrected chi connectivity index (χ4v) is 2.74. The second-order valence-corrected chi connectivity index (χ2v) is 5.86. The molecular weight excluding hydrogens is 350 g/mol. The molecule has 0 unspecified atom stereocenters. The summed E-state index contributed by atoms with van der Waals surface area (Å²) in [7, 11) is 1.66. The Kier molecular flexibility index (Phi) is 5.20. The number of carbonyl (C=O) groups excluding carboxylic acids is 1. The van der Waals surface area contributed by atoms with Crippen LogP contribution in [0.5, 0.6) is 0 Å². The first-order valence-corrected chi connectivity index (χ1v) is 8.37. The first-order valence-electron chi connectivity index (χ1n) is 8.37.